The van der Waals surface area contributed by atoms with Crippen LogP contribution in [0, 0.1) is 0 Å². The number of nitrogens with zero attached hydrogens (tertiary/aromatic N) is 2. The third kappa shape index (κ3) is 17.0. The highest BCUT2D eigenvalue weighted by molar-refractivity contribution is 5.95. The molecule has 0 unspecified atom stereocenters. The van der Waals surface area contributed by atoms with E-state index in [2.05, 4.69) is 21.3 Å². The summed E-state index contributed by atoms with van der Waals surface area (Å²) in [6.07, 6.45) is -1.78. The zero-order chi connectivity index (χ0) is 49.6. The number of amides is 6. The molecule has 3 aromatic carbocycles. The Bertz CT molecular complexity index is 2210. The molecular formula is C51H68N6O12. The summed E-state index contributed by atoms with van der Waals surface area (Å²) in [4.78, 5) is 80.9. The normalized spacial score (nSPS) is 19.1. The highest BCUT2D eigenvalue weighted by Crippen LogP contribution is 2.25. The lowest BCUT2D eigenvalue weighted by Gasteiger charge is -2.39. The lowest BCUT2D eigenvalue weighted by Crippen LogP contribution is -2.53. The fourth-order valence-electron chi connectivity index (χ4n) is 8.11. The van der Waals surface area contributed by atoms with E-state index in [9.17, 15) is 28.8 Å². The van der Waals surface area contributed by atoms with E-state index in [1.807, 2.05) is 42.5 Å². The van der Waals surface area contributed by atoms with Crippen LogP contribution in [0.25, 0.3) is 0 Å². The zero-order valence-corrected chi connectivity index (χ0v) is 40.6. The van der Waals surface area contributed by atoms with E-state index in [4.69, 9.17) is 28.4 Å². The zero-order valence-electron chi connectivity index (χ0n) is 40.6. The van der Waals surface area contributed by atoms with Crippen LogP contribution in [-0.4, -0.2) is 127 Å². The summed E-state index contributed by atoms with van der Waals surface area (Å²) >= 11 is 0. The van der Waals surface area contributed by atoms with Crippen molar-refractivity contribution in [3.8, 4) is 0 Å². The number of benzene rings is 3. The van der Waals surface area contributed by atoms with Gasteiger partial charge in [0.05, 0.1) is 13.2 Å². The van der Waals surface area contributed by atoms with Crippen molar-refractivity contribution >= 4 is 36.2 Å². The van der Waals surface area contributed by atoms with Gasteiger partial charge in [-0.2, -0.15) is 0 Å². The first-order valence-electron chi connectivity index (χ1n) is 23.7. The molecule has 18 nitrogen and oxygen atoms in total. The number of alkyl carbamates (subject to hydrolysis) is 2. The first kappa shape index (κ1) is 52.0. The molecule has 0 spiro atoms. The van der Waals surface area contributed by atoms with Gasteiger partial charge in [0.1, 0.15) is 36.1 Å². The second kappa shape index (κ2) is 24.2. The second-order valence-electron chi connectivity index (χ2n) is 19.5. The summed E-state index contributed by atoms with van der Waals surface area (Å²) in [6, 6.07) is 23.3. The van der Waals surface area contributed by atoms with Gasteiger partial charge in [-0.1, -0.05) is 54.6 Å². The smallest absolute Gasteiger partial charge is 0.410 e. The maximum absolute atomic E-state index is 13.7. The van der Waals surface area contributed by atoms with Crippen molar-refractivity contribution < 1.29 is 57.2 Å². The molecule has 3 aliphatic rings. The maximum atomic E-state index is 13.7. The van der Waals surface area contributed by atoms with Crippen LogP contribution in [0.1, 0.15) is 111 Å². The number of carbonyl (C=O) groups excluding carboxylic acids is 6. The Morgan fingerprint density at radius 3 is 1.58 bits per heavy atom. The monoisotopic (exact) mass is 956 g/mol. The molecule has 69 heavy (non-hydrogen) atoms. The summed E-state index contributed by atoms with van der Waals surface area (Å²) in [6.45, 7) is 12.9. The Morgan fingerprint density at radius 2 is 1.09 bits per heavy atom. The van der Waals surface area contributed by atoms with E-state index in [-0.39, 0.29) is 56.8 Å². The van der Waals surface area contributed by atoms with Crippen LogP contribution in [-0.2, 0) is 48.1 Å². The molecule has 18 heteroatoms. The number of piperidine rings is 2. The van der Waals surface area contributed by atoms with E-state index in [1.54, 1.807) is 87.7 Å². The van der Waals surface area contributed by atoms with E-state index in [1.165, 1.54) is 0 Å². The molecule has 0 aromatic heterocycles. The van der Waals surface area contributed by atoms with E-state index < -0.39 is 53.9 Å². The van der Waals surface area contributed by atoms with Crippen LogP contribution in [0.15, 0.2) is 78.9 Å². The molecular weight excluding hydrogens is 889 g/mol. The largest absolute Gasteiger partial charge is 0.447 e. The predicted molar refractivity (Wildman–Crippen MR) is 254 cm³/mol. The minimum absolute atomic E-state index is 0.129. The molecule has 0 bridgehead atoms. The van der Waals surface area contributed by atoms with Gasteiger partial charge in [-0.05, 0) is 108 Å². The van der Waals surface area contributed by atoms with Gasteiger partial charge in [-0.3, -0.25) is 9.59 Å². The number of rotatable bonds is 14. The van der Waals surface area contributed by atoms with Crippen molar-refractivity contribution in [1.82, 2.24) is 31.1 Å². The predicted octanol–water partition coefficient (Wildman–Crippen LogP) is 6.84. The molecule has 3 atom stereocenters. The molecule has 4 N–H and O–H groups in total. The van der Waals surface area contributed by atoms with E-state index in [0.717, 1.165) is 16.7 Å². The average Bonchev–Trinajstić information content (AvgIpc) is 3.31. The molecule has 3 saturated heterocycles. The Hall–Kier alpha value is -6.40. The van der Waals surface area contributed by atoms with Gasteiger partial charge in [0.2, 0.25) is 0 Å². The summed E-state index contributed by atoms with van der Waals surface area (Å²) in [5.74, 6) is -0.496. The minimum atomic E-state index is -0.741. The molecule has 0 radical (unpaired) electrons. The van der Waals surface area contributed by atoms with Crippen LogP contribution in [0.2, 0.25) is 0 Å². The van der Waals surface area contributed by atoms with Crippen LogP contribution >= 0.6 is 0 Å². The number of ether oxygens (including phenoxy) is 6. The van der Waals surface area contributed by atoms with Crippen molar-refractivity contribution in [1.29, 1.82) is 0 Å². The van der Waals surface area contributed by atoms with Crippen molar-refractivity contribution in [3.05, 3.63) is 107 Å². The van der Waals surface area contributed by atoms with Gasteiger partial charge >= 0.3 is 24.4 Å². The number of likely N-dealkylation sites (tertiary alicyclic amines) is 2. The topological polar surface area (TPSA) is 212 Å². The Labute approximate surface area is 404 Å². The third-order valence-corrected chi connectivity index (χ3v) is 11.6. The molecule has 6 rings (SSSR count). The fourth-order valence-corrected chi connectivity index (χ4v) is 8.11. The lowest BCUT2D eigenvalue weighted by molar-refractivity contribution is -0.178. The van der Waals surface area contributed by atoms with Crippen LogP contribution in [0.3, 0.4) is 0 Å². The molecule has 0 aliphatic carbocycles. The molecule has 6 amide bonds. The number of nitrogens with one attached hydrogen (secondary N) is 4. The molecule has 374 valence electrons. The first-order valence-corrected chi connectivity index (χ1v) is 23.7. The Morgan fingerprint density at radius 1 is 0.609 bits per heavy atom. The summed E-state index contributed by atoms with van der Waals surface area (Å²) in [7, 11) is 0. The molecule has 3 aliphatic heterocycles. The van der Waals surface area contributed by atoms with Gasteiger partial charge in [0.15, 0.2) is 0 Å². The molecule has 3 fully saturated rings. The van der Waals surface area contributed by atoms with Crippen LogP contribution < -0.4 is 21.3 Å². The van der Waals surface area contributed by atoms with Crippen molar-refractivity contribution in [3.63, 3.8) is 0 Å². The Kier molecular flexibility index (Phi) is 18.3. The van der Waals surface area contributed by atoms with Gasteiger partial charge in [-0.15, -0.1) is 0 Å². The molecule has 0 saturated carbocycles. The van der Waals surface area contributed by atoms with Gasteiger partial charge in [0.25, 0.3) is 11.8 Å². The standard InChI is InChI=1S/C51H68N6O12/c1-50(2,3)68-46(60)52-30-35-14-10-16-37(28-35)44(58)54-39-18-23-56(24-19-39)48(62)66-33-42-43(65-32-34-12-8-7-9-13-34)41(22-27-64-42)67-49(63)57-25-20-40(21-26-57)55-45(59)38-17-11-15-36(29-38)31-53-47(61)69-51(4,5)6/h7-17,28-29,39-43H,18-27,30-33H2,1-6H3,(H,52,60)(H,53,61)(H,54,58)(H,55,59)/t41-,42-,43+/m1/s1. The summed E-state index contributed by atoms with van der Waals surface area (Å²) in [5.41, 5.74) is 2.08. The van der Waals surface area contributed by atoms with Crippen molar-refractivity contribution in [2.24, 2.45) is 0 Å². The van der Waals surface area contributed by atoms with Gasteiger partial charge in [0, 0.05) is 68.9 Å². The minimum Gasteiger partial charge on any atom is -0.447 e. The number of hydrogen-bond donors (Lipinski definition) is 4. The SMILES string of the molecule is CC(C)(C)OC(=O)NCc1cccc(C(=O)NC2CCN(C(=O)OC[C@H]3OCC[C@@H](OC(=O)N4CCC(NC(=O)c5cccc(CNC(=O)OC(C)(C)C)c5)CC4)[C@@H]3OCc3ccccc3)CC2)c1. The van der Waals surface area contributed by atoms with Crippen LogP contribution in [0.5, 0.6) is 0 Å². The van der Waals surface area contributed by atoms with Gasteiger partial charge in [-0.25, -0.2) is 19.2 Å². The Balaban J connectivity index is 0.956. The number of hydrogen-bond acceptors (Lipinski definition) is 12. The van der Waals surface area contributed by atoms with E-state index in [0.29, 0.717) is 69.4 Å². The molecule has 3 heterocycles. The highest BCUT2D eigenvalue weighted by atomic mass is 16.6. The number of carbonyl (C=O) groups is 6. The second-order valence-corrected chi connectivity index (χ2v) is 19.5. The summed E-state index contributed by atoms with van der Waals surface area (Å²) < 4.78 is 35.0. The van der Waals surface area contributed by atoms with Crippen molar-refractivity contribution in [2.75, 3.05) is 39.4 Å². The van der Waals surface area contributed by atoms with E-state index >= 15 is 0 Å². The fraction of sp³-hybridized carbons (Fsp3) is 0.529. The first-order chi connectivity index (χ1) is 32.9. The average molecular weight is 957 g/mol. The van der Waals surface area contributed by atoms with Crippen molar-refractivity contribution in [2.45, 2.75) is 135 Å². The van der Waals surface area contributed by atoms with Crippen LogP contribution in [0.4, 0.5) is 19.2 Å². The third-order valence-electron chi connectivity index (χ3n) is 11.6. The summed E-state index contributed by atoms with van der Waals surface area (Å²) in [5, 5.41) is 11.6. The molecule has 3 aromatic rings. The lowest BCUT2D eigenvalue weighted by atomic mass is 10.0. The van der Waals surface area contributed by atoms with Gasteiger partial charge < -0.3 is 59.5 Å². The maximum Gasteiger partial charge on any atom is 0.410 e. The highest BCUT2D eigenvalue weighted by Gasteiger charge is 2.40. The quantitative estimate of drug-likeness (QED) is 0.122.